The number of hydrogen-bond acceptors (Lipinski definition) is 5. The molecule has 130 valence electrons. The van der Waals surface area contributed by atoms with Crippen LogP contribution in [0.4, 0.5) is 18.9 Å². The lowest BCUT2D eigenvalue weighted by Gasteiger charge is -2.19. The SMILES string of the molecule is CC(C)(C)n1nnnc1SCC(=O)Nc1ccccc1C(F)(F)F. The van der Waals surface area contributed by atoms with Crippen molar-refractivity contribution in [2.24, 2.45) is 0 Å². The van der Waals surface area contributed by atoms with Crippen LogP contribution >= 0.6 is 11.8 Å². The molecule has 0 saturated carbocycles. The lowest BCUT2D eigenvalue weighted by molar-refractivity contribution is -0.137. The molecule has 2 aromatic rings. The zero-order valence-electron chi connectivity index (χ0n) is 13.3. The largest absolute Gasteiger partial charge is 0.418 e. The van der Waals surface area contributed by atoms with Crippen LogP contribution in [0.1, 0.15) is 26.3 Å². The zero-order valence-corrected chi connectivity index (χ0v) is 14.1. The summed E-state index contributed by atoms with van der Waals surface area (Å²) in [6.07, 6.45) is -4.53. The van der Waals surface area contributed by atoms with Crippen molar-refractivity contribution in [3.05, 3.63) is 29.8 Å². The molecule has 0 aliphatic carbocycles. The smallest absolute Gasteiger partial charge is 0.325 e. The highest BCUT2D eigenvalue weighted by Gasteiger charge is 2.33. The topological polar surface area (TPSA) is 72.7 Å². The molecule has 1 aromatic carbocycles. The molecule has 0 unspecified atom stereocenters. The summed E-state index contributed by atoms with van der Waals surface area (Å²) in [6.45, 7) is 5.69. The number of rotatable bonds is 4. The number of anilines is 1. The molecule has 0 atom stereocenters. The molecular formula is C14H16F3N5OS. The highest BCUT2D eigenvalue weighted by molar-refractivity contribution is 7.99. The molecule has 0 aliphatic heterocycles. The van der Waals surface area contributed by atoms with E-state index in [1.807, 2.05) is 20.8 Å². The normalized spacial score (nSPS) is 12.2. The minimum Gasteiger partial charge on any atom is -0.325 e. The maximum atomic E-state index is 12.9. The summed E-state index contributed by atoms with van der Waals surface area (Å²) in [7, 11) is 0. The van der Waals surface area contributed by atoms with E-state index in [4.69, 9.17) is 0 Å². The van der Waals surface area contributed by atoms with Crippen LogP contribution in [0, 0.1) is 0 Å². The molecule has 10 heteroatoms. The quantitative estimate of drug-likeness (QED) is 0.849. The van der Waals surface area contributed by atoms with E-state index in [9.17, 15) is 18.0 Å². The van der Waals surface area contributed by atoms with Crippen molar-refractivity contribution in [3.8, 4) is 0 Å². The highest BCUT2D eigenvalue weighted by Crippen LogP contribution is 2.34. The van der Waals surface area contributed by atoms with Gasteiger partial charge in [0.25, 0.3) is 0 Å². The summed E-state index contributed by atoms with van der Waals surface area (Å²) >= 11 is 1.05. The van der Waals surface area contributed by atoms with Crippen molar-refractivity contribution < 1.29 is 18.0 Å². The molecule has 6 nitrogen and oxygen atoms in total. The number of nitrogens with one attached hydrogen (secondary N) is 1. The van der Waals surface area contributed by atoms with Gasteiger partial charge in [0.2, 0.25) is 11.1 Å². The molecule has 24 heavy (non-hydrogen) atoms. The van der Waals surface area contributed by atoms with Crippen molar-refractivity contribution >= 4 is 23.4 Å². The van der Waals surface area contributed by atoms with Crippen molar-refractivity contribution in [3.63, 3.8) is 0 Å². The Morgan fingerprint density at radius 3 is 2.54 bits per heavy atom. The Labute approximate surface area is 140 Å². The second-order valence-electron chi connectivity index (χ2n) is 5.92. The van der Waals surface area contributed by atoms with Crippen LogP contribution < -0.4 is 5.32 Å². The van der Waals surface area contributed by atoms with Gasteiger partial charge in [-0.25, -0.2) is 4.68 Å². The maximum absolute atomic E-state index is 12.9. The number of thioether (sulfide) groups is 1. The number of halogens is 3. The van der Waals surface area contributed by atoms with E-state index in [0.29, 0.717) is 5.16 Å². The maximum Gasteiger partial charge on any atom is 0.418 e. The third-order valence-corrected chi connectivity index (χ3v) is 3.83. The minimum absolute atomic E-state index is 0.108. The third-order valence-electron chi connectivity index (χ3n) is 2.92. The van der Waals surface area contributed by atoms with Crippen LogP contribution in [-0.2, 0) is 16.5 Å². The molecular weight excluding hydrogens is 343 g/mol. The van der Waals surface area contributed by atoms with Gasteiger partial charge in [0.1, 0.15) is 0 Å². The van der Waals surface area contributed by atoms with Gasteiger partial charge in [-0.05, 0) is 43.3 Å². The van der Waals surface area contributed by atoms with Gasteiger partial charge >= 0.3 is 6.18 Å². The molecule has 0 radical (unpaired) electrons. The van der Waals surface area contributed by atoms with Gasteiger partial charge in [0.15, 0.2) is 0 Å². The summed E-state index contributed by atoms with van der Waals surface area (Å²) in [5.41, 5.74) is -1.53. The third kappa shape index (κ3) is 4.47. The van der Waals surface area contributed by atoms with Crippen molar-refractivity contribution in [2.75, 3.05) is 11.1 Å². The number of nitrogens with zero attached hydrogens (tertiary/aromatic N) is 4. The molecule has 2 rings (SSSR count). The van der Waals surface area contributed by atoms with Crippen LogP contribution in [0.3, 0.4) is 0 Å². The summed E-state index contributed by atoms with van der Waals surface area (Å²) < 4.78 is 40.3. The zero-order chi connectivity index (χ0) is 18.0. The lowest BCUT2D eigenvalue weighted by Crippen LogP contribution is -2.25. The van der Waals surface area contributed by atoms with Gasteiger partial charge in [-0.2, -0.15) is 13.2 Å². The predicted octanol–water partition coefficient (Wildman–Crippen LogP) is 3.18. The first-order chi connectivity index (χ1) is 11.1. The molecule has 1 N–H and O–H groups in total. The molecule has 0 spiro atoms. The first-order valence-electron chi connectivity index (χ1n) is 6.97. The number of aromatic nitrogens is 4. The lowest BCUT2D eigenvalue weighted by atomic mass is 10.1. The van der Waals surface area contributed by atoms with E-state index in [0.717, 1.165) is 17.8 Å². The minimum atomic E-state index is -4.53. The fourth-order valence-corrected chi connectivity index (χ4v) is 2.70. The standard InChI is InChI=1S/C14H16F3N5OS/c1-13(2,3)22-12(19-20-21-22)24-8-11(23)18-10-7-5-4-6-9(10)14(15,16)17/h4-7H,8H2,1-3H3,(H,18,23). The van der Waals surface area contributed by atoms with Gasteiger partial charge in [0.05, 0.1) is 22.5 Å². The second-order valence-corrected chi connectivity index (χ2v) is 6.87. The second kappa shape index (κ2) is 6.80. The van der Waals surface area contributed by atoms with Crippen LogP contribution in [-0.4, -0.2) is 31.9 Å². The van der Waals surface area contributed by atoms with Crippen LogP contribution in [0.15, 0.2) is 29.4 Å². The predicted molar refractivity (Wildman–Crippen MR) is 83.6 cm³/mol. The summed E-state index contributed by atoms with van der Waals surface area (Å²) in [4.78, 5) is 12.0. The molecule has 1 aromatic heterocycles. The Bertz CT molecular complexity index is 724. The van der Waals surface area contributed by atoms with E-state index >= 15 is 0 Å². The Hall–Kier alpha value is -2.10. The highest BCUT2D eigenvalue weighted by atomic mass is 32.2. The number of hydrogen-bond donors (Lipinski definition) is 1. The summed E-state index contributed by atoms with van der Waals surface area (Å²) in [5.74, 6) is -0.678. The van der Waals surface area contributed by atoms with Gasteiger partial charge in [-0.3, -0.25) is 4.79 Å². The molecule has 0 bridgehead atoms. The average Bonchev–Trinajstić information content (AvgIpc) is 2.93. The van der Waals surface area contributed by atoms with Crippen LogP contribution in [0.2, 0.25) is 0 Å². The number of benzene rings is 1. The molecule has 1 heterocycles. The molecule has 1 amide bonds. The van der Waals surface area contributed by atoms with E-state index < -0.39 is 17.6 Å². The van der Waals surface area contributed by atoms with Gasteiger partial charge in [-0.1, -0.05) is 23.9 Å². The number of alkyl halides is 3. The number of para-hydroxylation sites is 1. The monoisotopic (exact) mass is 359 g/mol. The van der Waals surface area contributed by atoms with Gasteiger partial charge in [-0.15, -0.1) is 5.10 Å². The van der Waals surface area contributed by atoms with Gasteiger partial charge in [0, 0.05) is 0 Å². The van der Waals surface area contributed by atoms with E-state index in [1.165, 1.54) is 18.2 Å². The first-order valence-corrected chi connectivity index (χ1v) is 7.95. The van der Waals surface area contributed by atoms with Crippen molar-refractivity contribution in [1.82, 2.24) is 20.2 Å². The summed E-state index contributed by atoms with van der Waals surface area (Å²) in [6, 6.07) is 4.83. The average molecular weight is 359 g/mol. The van der Waals surface area contributed by atoms with E-state index in [-0.39, 0.29) is 17.0 Å². The number of amides is 1. The van der Waals surface area contributed by atoms with Crippen LogP contribution in [0.25, 0.3) is 0 Å². The van der Waals surface area contributed by atoms with E-state index in [2.05, 4.69) is 20.8 Å². The van der Waals surface area contributed by atoms with Gasteiger partial charge < -0.3 is 5.32 Å². The summed E-state index contributed by atoms with van der Waals surface area (Å²) in [5, 5.41) is 13.9. The Morgan fingerprint density at radius 2 is 1.92 bits per heavy atom. The first kappa shape index (κ1) is 18.2. The van der Waals surface area contributed by atoms with Crippen molar-refractivity contribution in [1.29, 1.82) is 0 Å². The Balaban J connectivity index is 2.05. The number of tetrazole rings is 1. The Morgan fingerprint density at radius 1 is 1.25 bits per heavy atom. The number of carbonyl (C=O) groups excluding carboxylic acids is 1. The molecule has 0 aliphatic rings. The fraction of sp³-hybridized carbons (Fsp3) is 0.429. The number of carbonyl (C=O) groups is 1. The molecule has 0 saturated heterocycles. The Kier molecular flexibility index (Phi) is 5.16. The van der Waals surface area contributed by atoms with Crippen molar-refractivity contribution in [2.45, 2.75) is 37.6 Å². The molecule has 0 fully saturated rings. The van der Waals surface area contributed by atoms with E-state index in [1.54, 1.807) is 4.68 Å². The fourth-order valence-electron chi connectivity index (χ4n) is 1.85. The van der Waals surface area contributed by atoms with Crippen LogP contribution in [0.5, 0.6) is 0 Å².